The summed E-state index contributed by atoms with van der Waals surface area (Å²) in [5.41, 5.74) is 5.30. The highest BCUT2D eigenvalue weighted by Gasteiger charge is 2.20. The van der Waals surface area contributed by atoms with Crippen molar-refractivity contribution in [3.63, 3.8) is 0 Å². The molecule has 0 N–H and O–H groups in total. The van der Waals surface area contributed by atoms with E-state index in [4.69, 9.17) is 0 Å². The molecule has 4 aromatic carbocycles. The average Bonchev–Trinajstić information content (AvgIpc) is 3.32. The van der Waals surface area contributed by atoms with E-state index >= 15 is 0 Å². The summed E-state index contributed by atoms with van der Waals surface area (Å²) in [6.45, 7) is 4.73. The van der Waals surface area contributed by atoms with Crippen molar-refractivity contribution in [3.05, 3.63) is 97.1 Å². The van der Waals surface area contributed by atoms with Gasteiger partial charge in [-0.3, -0.25) is 0 Å². The third-order valence-electron chi connectivity index (χ3n) is 6.80. The van der Waals surface area contributed by atoms with E-state index in [0.717, 1.165) is 6.42 Å². The van der Waals surface area contributed by atoms with Crippen LogP contribution in [-0.4, -0.2) is 9.13 Å². The molecule has 6 rings (SSSR count). The molecule has 2 heterocycles. The molecule has 0 aliphatic heterocycles. The highest BCUT2D eigenvalue weighted by Crippen LogP contribution is 2.37. The van der Waals surface area contributed by atoms with Gasteiger partial charge in [0.05, 0.1) is 0 Å². The van der Waals surface area contributed by atoms with Gasteiger partial charge in [0.15, 0.2) is 0 Å². The van der Waals surface area contributed by atoms with Gasteiger partial charge in [-0.2, -0.15) is 0 Å². The zero-order valence-electron chi connectivity index (χ0n) is 18.0. The molecule has 0 aliphatic carbocycles. The van der Waals surface area contributed by atoms with Crippen LogP contribution < -0.4 is 0 Å². The quantitative estimate of drug-likeness (QED) is 0.282. The van der Waals surface area contributed by atoms with Gasteiger partial charge in [-0.25, -0.2) is 0 Å². The number of rotatable bonds is 4. The molecular formula is C29H26N2. The molecule has 2 nitrogen and oxygen atoms in total. The van der Waals surface area contributed by atoms with Crippen LogP contribution in [0.5, 0.6) is 0 Å². The number of hydrogen-bond donors (Lipinski definition) is 0. The Morgan fingerprint density at radius 3 is 1.00 bits per heavy atom. The fourth-order valence-electron chi connectivity index (χ4n) is 5.56. The van der Waals surface area contributed by atoms with Crippen LogP contribution in [-0.2, 0) is 0 Å². The molecule has 2 heteroatoms. The fraction of sp³-hybridized carbons (Fsp3) is 0.172. The summed E-state index contributed by atoms with van der Waals surface area (Å²) < 4.78 is 5.07. The van der Waals surface area contributed by atoms with E-state index in [1.807, 2.05) is 0 Å². The summed E-state index contributed by atoms with van der Waals surface area (Å²) in [6.07, 6.45) is 1.06. The van der Waals surface area contributed by atoms with Gasteiger partial charge < -0.3 is 9.13 Å². The van der Waals surface area contributed by atoms with Crippen molar-refractivity contribution < 1.29 is 0 Å². The Labute approximate surface area is 182 Å². The summed E-state index contributed by atoms with van der Waals surface area (Å²) in [4.78, 5) is 0. The van der Waals surface area contributed by atoms with Crippen LogP contribution >= 0.6 is 0 Å². The SMILES string of the molecule is C[C@@H](C[C@H](C)n1c2ccccc2c2ccccc21)n1c2ccccc2c2ccccc21. The zero-order chi connectivity index (χ0) is 20.9. The van der Waals surface area contributed by atoms with E-state index in [0.29, 0.717) is 12.1 Å². The summed E-state index contributed by atoms with van der Waals surface area (Å²) in [6, 6.07) is 36.0. The lowest BCUT2D eigenvalue weighted by Gasteiger charge is -2.23. The van der Waals surface area contributed by atoms with Crippen LogP contribution in [0.4, 0.5) is 0 Å². The Kier molecular flexibility index (Phi) is 4.14. The predicted molar refractivity (Wildman–Crippen MR) is 133 cm³/mol. The van der Waals surface area contributed by atoms with E-state index in [-0.39, 0.29) is 0 Å². The lowest BCUT2D eigenvalue weighted by atomic mass is 10.1. The Morgan fingerprint density at radius 1 is 0.452 bits per heavy atom. The molecule has 0 bridgehead atoms. The maximum Gasteiger partial charge on any atom is 0.0493 e. The van der Waals surface area contributed by atoms with Crippen molar-refractivity contribution in [2.24, 2.45) is 0 Å². The Bertz CT molecular complexity index is 1330. The van der Waals surface area contributed by atoms with Crippen LogP contribution in [0.1, 0.15) is 32.4 Å². The number of nitrogens with zero attached hydrogens (tertiary/aromatic N) is 2. The summed E-state index contributed by atoms with van der Waals surface area (Å²) >= 11 is 0. The molecule has 0 saturated heterocycles. The normalized spacial score (nSPS) is 14.0. The highest BCUT2D eigenvalue weighted by molar-refractivity contribution is 6.09. The second-order valence-electron chi connectivity index (χ2n) is 8.74. The monoisotopic (exact) mass is 402 g/mol. The molecule has 31 heavy (non-hydrogen) atoms. The molecule has 2 atom stereocenters. The van der Waals surface area contributed by atoms with Crippen LogP contribution in [0.2, 0.25) is 0 Å². The first-order valence-electron chi connectivity index (χ1n) is 11.2. The number of hydrogen-bond acceptors (Lipinski definition) is 0. The summed E-state index contributed by atoms with van der Waals surface area (Å²) in [7, 11) is 0. The molecule has 0 amide bonds. The van der Waals surface area contributed by atoms with Gasteiger partial charge >= 0.3 is 0 Å². The number of benzene rings is 4. The second kappa shape index (κ2) is 7.02. The standard InChI is InChI=1S/C29H26N2/c1-20(30-26-15-7-3-11-22(26)23-12-4-8-16-27(23)30)19-21(2)31-28-17-9-5-13-24(28)25-14-6-10-18-29(25)31/h3-18,20-21H,19H2,1-2H3/t20-,21-/m0/s1. The van der Waals surface area contributed by atoms with Gasteiger partial charge in [-0.15, -0.1) is 0 Å². The first kappa shape index (κ1) is 18.3. The van der Waals surface area contributed by atoms with Crippen molar-refractivity contribution in [1.82, 2.24) is 9.13 Å². The minimum absolute atomic E-state index is 0.375. The van der Waals surface area contributed by atoms with Crippen LogP contribution in [0.25, 0.3) is 43.6 Å². The van der Waals surface area contributed by atoms with Crippen LogP contribution in [0, 0.1) is 0 Å². The maximum atomic E-state index is 2.54. The third-order valence-corrected chi connectivity index (χ3v) is 6.80. The van der Waals surface area contributed by atoms with Gasteiger partial charge in [0, 0.05) is 55.7 Å². The fourth-order valence-corrected chi connectivity index (χ4v) is 5.56. The average molecular weight is 403 g/mol. The topological polar surface area (TPSA) is 9.86 Å². The number of para-hydroxylation sites is 4. The van der Waals surface area contributed by atoms with E-state index in [1.54, 1.807) is 0 Å². The van der Waals surface area contributed by atoms with Crippen molar-refractivity contribution in [2.75, 3.05) is 0 Å². The predicted octanol–water partition coefficient (Wildman–Crippen LogP) is 8.11. The third kappa shape index (κ3) is 2.71. The largest absolute Gasteiger partial charge is 0.338 e. The highest BCUT2D eigenvalue weighted by atomic mass is 15.1. The first-order valence-corrected chi connectivity index (χ1v) is 11.2. The molecular weight excluding hydrogens is 376 g/mol. The molecule has 0 saturated carbocycles. The van der Waals surface area contributed by atoms with E-state index in [1.165, 1.54) is 43.6 Å². The van der Waals surface area contributed by atoms with Crippen LogP contribution in [0.3, 0.4) is 0 Å². The Balaban J connectivity index is 1.48. The minimum atomic E-state index is 0.375. The van der Waals surface area contributed by atoms with E-state index in [9.17, 15) is 0 Å². The molecule has 0 unspecified atom stereocenters. The van der Waals surface area contributed by atoms with Crippen molar-refractivity contribution >= 4 is 43.6 Å². The molecule has 152 valence electrons. The Hall–Kier alpha value is -3.52. The maximum absolute atomic E-state index is 2.54. The van der Waals surface area contributed by atoms with E-state index < -0.39 is 0 Å². The lowest BCUT2D eigenvalue weighted by molar-refractivity contribution is 0.426. The summed E-state index contributed by atoms with van der Waals surface area (Å²) in [5.74, 6) is 0. The molecule has 0 spiro atoms. The van der Waals surface area contributed by atoms with E-state index in [2.05, 4.69) is 120 Å². The van der Waals surface area contributed by atoms with Crippen molar-refractivity contribution in [2.45, 2.75) is 32.4 Å². The second-order valence-corrected chi connectivity index (χ2v) is 8.74. The number of aromatic nitrogens is 2. The molecule has 6 aromatic rings. The van der Waals surface area contributed by atoms with Gasteiger partial charge in [0.25, 0.3) is 0 Å². The lowest BCUT2D eigenvalue weighted by Crippen LogP contribution is -2.13. The van der Waals surface area contributed by atoms with Gasteiger partial charge in [0.1, 0.15) is 0 Å². The molecule has 0 aliphatic rings. The smallest absolute Gasteiger partial charge is 0.0493 e. The van der Waals surface area contributed by atoms with Gasteiger partial charge in [-0.1, -0.05) is 72.8 Å². The zero-order valence-corrected chi connectivity index (χ0v) is 18.0. The van der Waals surface area contributed by atoms with Gasteiger partial charge in [0.2, 0.25) is 0 Å². The molecule has 0 radical (unpaired) electrons. The van der Waals surface area contributed by atoms with Crippen LogP contribution in [0.15, 0.2) is 97.1 Å². The molecule has 2 aromatic heterocycles. The Morgan fingerprint density at radius 2 is 0.710 bits per heavy atom. The van der Waals surface area contributed by atoms with Crippen molar-refractivity contribution in [1.29, 1.82) is 0 Å². The van der Waals surface area contributed by atoms with Gasteiger partial charge in [-0.05, 0) is 44.5 Å². The molecule has 0 fully saturated rings. The minimum Gasteiger partial charge on any atom is -0.338 e. The first-order chi connectivity index (χ1) is 15.2. The number of fused-ring (bicyclic) bond motifs is 6. The van der Waals surface area contributed by atoms with Crippen molar-refractivity contribution in [3.8, 4) is 0 Å². The summed E-state index contributed by atoms with van der Waals surface area (Å²) in [5, 5.41) is 5.37.